The molecule has 0 radical (unpaired) electrons. The maximum absolute atomic E-state index is 12.8. The number of benzene rings is 1. The Hall–Kier alpha value is -4.40. The quantitative estimate of drug-likeness (QED) is 0.455. The Morgan fingerprint density at radius 1 is 0.952 bits per heavy atom. The van der Waals surface area contributed by atoms with E-state index in [-0.39, 0.29) is 35.9 Å². The number of likely N-dealkylation sites (tertiary alicyclic amines) is 2. The zero-order valence-electron chi connectivity index (χ0n) is 23.9. The normalized spacial score (nSPS) is 19.6. The van der Waals surface area contributed by atoms with E-state index in [1.54, 1.807) is 11.1 Å². The van der Waals surface area contributed by atoms with Crippen molar-refractivity contribution in [3.8, 4) is 6.07 Å². The highest BCUT2D eigenvalue weighted by Gasteiger charge is 2.27. The summed E-state index contributed by atoms with van der Waals surface area (Å²) in [7, 11) is 0. The molecule has 3 aliphatic rings. The minimum atomic E-state index is -0.670. The summed E-state index contributed by atoms with van der Waals surface area (Å²) >= 11 is 0. The molecule has 12 nitrogen and oxygen atoms in total. The van der Waals surface area contributed by atoms with Gasteiger partial charge in [0.2, 0.25) is 5.91 Å². The average molecular weight is 574 g/mol. The van der Waals surface area contributed by atoms with Gasteiger partial charge in [0.05, 0.1) is 12.3 Å². The van der Waals surface area contributed by atoms with Gasteiger partial charge in [0.25, 0.3) is 5.91 Å². The number of nitrogens with two attached hydrogens (primary N) is 1. The van der Waals surface area contributed by atoms with E-state index in [4.69, 9.17) is 16.0 Å². The van der Waals surface area contributed by atoms with Crippen LogP contribution < -0.4 is 21.3 Å². The van der Waals surface area contributed by atoms with Gasteiger partial charge in [-0.15, -0.1) is 0 Å². The number of primary amides is 1. The number of anilines is 3. The summed E-state index contributed by atoms with van der Waals surface area (Å²) in [4.78, 5) is 51.8. The van der Waals surface area contributed by atoms with Crippen LogP contribution in [0.1, 0.15) is 73.3 Å². The third-order valence-corrected chi connectivity index (χ3v) is 8.43. The van der Waals surface area contributed by atoms with Gasteiger partial charge in [-0.3, -0.25) is 9.59 Å². The summed E-state index contributed by atoms with van der Waals surface area (Å²) in [5.41, 5.74) is 7.61. The summed E-state index contributed by atoms with van der Waals surface area (Å²) in [5, 5.41) is 15.2. The van der Waals surface area contributed by atoms with E-state index in [9.17, 15) is 14.4 Å². The van der Waals surface area contributed by atoms with Crippen LogP contribution in [0.3, 0.4) is 0 Å². The van der Waals surface area contributed by atoms with Gasteiger partial charge < -0.3 is 31.1 Å². The summed E-state index contributed by atoms with van der Waals surface area (Å²) < 4.78 is 0. The van der Waals surface area contributed by atoms with Gasteiger partial charge in [0.1, 0.15) is 12.2 Å². The lowest BCUT2D eigenvalue weighted by atomic mass is 9.89. The second-order valence-electron chi connectivity index (χ2n) is 11.3. The molecule has 0 aliphatic carbocycles. The SMILES string of the molecule is N#CCC(=O)N1CCC(c2ccc(Nc3nc(N4CCCC(NC(=O)N5CCCCC5)C4)cnc3C(N)=O)cc2)CC1. The molecule has 4 amide bonds. The van der Waals surface area contributed by atoms with Crippen molar-refractivity contribution < 1.29 is 14.4 Å². The van der Waals surface area contributed by atoms with Gasteiger partial charge >= 0.3 is 6.03 Å². The number of hydrogen-bond acceptors (Lipinski definition) is 8. The second-order valence-corrected chi connectivity index (χ2v) is 11.3. The molecule has 4 N–H and O–H groups in total. The fraction of sp³-hybridized carbons (Fsp3) is 0.533. The van der Waals surface area contributed by atoms with Crippen LogP contribution in [0.2, 0.25) is 0 Å². The summed E-state index contributed by atoms with van der Waals surface area (Å²) in [5.74, 6) is 0.463. The molecule has 0 saturated carbocycles. The number of urea groups is 1. The number of piperidine rings is 3. The molecule has 12 heteroatoms. The lowest BCUT2D eigenvalue weighted by Crippen LogP contribution is -2.52. The second kappa shape index (κ2) is 13.5. The fourth-order valence-corrected chi connectivity index (χ4v) is 6.08. The predicted molar refractivity (Wildman–Crippen MR) is 158 cm³/mol. The number of hydrogen-bond donors (Lipinski definition) is 3. The first kappa shape index (κ1) is 29.1. The molecule has 5 rings (SSSR count). The highest BCUT2D eigenvalue weighted by atomic mass is 16.2. The van der Waals surface area contributed by atoms with Gasteiger partial charge in [-0.2, -0.15) is 5.26 Å². The summed E-state index contributed by atoms with van der Waals surface area (Å²) in [6.45, 7) is 4.29. The zero-order chi connectivity index (χ0) is 29.5. The molecule has 0 spiro atoms. The van der Waals surface area contributed by atoms with Crippen LogP contribution in [0.4, 0.5) is 22.1 Å². The maximum atomic E-state index is 12.8. The molecule has 42 heavy (non-hydrogen) atoms. The van der Waals surface area contributed by atoms with Crippen molar-refractivity contribution >= 4 is 35.2 Å². The number of nitriles is 1. The Balaban J connectivity index is 1.22. The Bertz CT molecular complexity index is 1310. The topological polar surface area (TPSA) is 161 Å². The number of aromatic nitrogens is 2. The molecule has 3 fully saturated rings. The molecule has 1 unspecified atom stereocenters. The van der Waals surface area contributed by atoms with Crippen molar-refractivity contribution in [1.29, 1.82) is 5.26 Å². The van der Waals surface area contributed by atoms with E-state index in [0.29, 0.717) is 31.4 Å². The molecule has 1 aromatic heterocycles. The molecule has 1 aromatic carbocycles. The molecule has 1 atom stereocenters. The van der Waals surface area contributed by atoms with E-state index in [1.807, 2.05) is 35.2 Å². The highest BCUT2D eigenvalue weighted by molar-refractivity contribution is 5.96. The maximum Gasteiger partial charge on any atom is 0.317 e. The lowest BCUT2D eigenvalue weighted by molar-refractivity contribution is -0.131. The van der Waals surface area contributed by atoms with Crippen LogP contribution in [0.25, 0.3) is 0 Å². The molecule has 3 aliphatic heterocycles. The number of amides is 4. The van der Waals surface area contributed by atoms with E-state index >= 15 is 0 Å². The van der Waals surface area contributed by atoms with Crippen LogP contribution in [0.15, 0.2) is 30.5 Å². The number of carbonyl (C=O) groups is 3. The standard InChI is InChI=1S/C30H39N9O3/c31-13-10-26(40)37-17-11-22(12-18-37)21-6-8-23(9-7-21)34-29-27(28(32)41)33-19-25(36-29)39-16-4-5-24(20-39)35-30(42)38-14-2-1-3-15-38/h6-9,19,22,24H,1-5,10-12,14-18,20H2,(H2,32,41)(H,34,36)(H,35,42). The monoisotopic (exact) mass is 573 g/mol. The molecule has 0 bridgehead atoms. The van der Waals surface area contributed by atoms with Crippen molar-refractivity contribution in [3.05, 3.63) is 41.7 Å². The first-order chi connectivity index (χ1) is 20.4. The van der Waals surface area contributed by atoms with Crippen molar-refractivity contribution in [3.63, 3.8) is 0 Å². The van der Waals surface area contributed by atoms with Crippen molar-refractivity contribution in [2.24, 2.45) is 5.73 Å². The number of rotatable bonds is 7. The van der Waals surface area contributed by atoms with E-state index in [2.05, 4.69) is 20.5 Å². The minimum Gasteiger partial charge on any atom is -0.364 e. The van der Waals surface area contributed by atoms with Crippen molar-refractivity contribution in [2.45, 2.75) is 63.3 Å². The van der Waals surface area contributed by atoms with Crippen molar-refractivity contribution in [1.82, 2.24) is 25.1 Å². The average Bonchev–Trinajstić information content (AvgIpc) is 3.02. The largest absolute Gasteiger partial charge is 0.364 e. The highest BCUT2D eigenvalue weighted by Crippen LogP contribution is 2.30. The Labute approximate surface area is 246 Å². The Morgan fingerprint density at radius 2 is 1.69 bits per heavy atom. The smallest absolute Gasteiger partial charge is 0.317 e. The third-order valence-electron chi connectivity index (χ3n) is 8.43. The number of nitrogens with one attached hydrogen (secondary N) is 2. The Kier molecular flexibility index (Phi) is 9.36. The molecule has 4 heterocycles. The van der Waals surface area contributed by atoms with Gasteiger partial charge in [0, 0.05) is 51.0 Å². The van der Waals surface area contributed by atoms with Crippen LogP contribution in [-0.4, -0.2) is 82.9 Å². The van der Waals surface area contributed by atoms with Crippen LogP contribution in [0, 0.1) is 11.3 Å². The van der Waals surface area contributed by atoms with Gasteiger partial charge in [-0.25, -0.2) is 14.8 Å². The first-order valence-corrected chi connectivity index (χ1v) is 14.9. The minimum absolute atomic E-state index is 0.000511. The lowest BCUT2D eigenvalue weighted by Gasteiger charge is -2.36. The van der Waals surface area contributed by atoms with Crippen molar-refractivity contribution in [2.75, 3.05) is 49.5 Å². The zero-order valence-corrected chi connectivity index (χ0v) is 23.9. The predicted octanol–water partition coefficient (Wildman–Crippen LogP) is 3.10. The van der Waals surface area contributed by atoms with E-state index in [1.165, 1.54) is 12.0 Å². The third kappa shape index (κ3) is 7.08. The number of carbonyl (C=O) groups excluding carboxylic acids is 3. The Morgan fingerprint density at radius 3 is 2.38 bits per heavy atom. The number of nitrogens with zero attached hydrogens (tertiary/aromatic N) is 6. The molecular weight excluding hydrogens is 534 g/mol. The molecular formula is C30H39N9O3. The first-order valence-electron chi connectivity index (χ1n) is 14.9. The van der Waals surface area contributed by atoms with E-state index in [0.717, 1.165) is 63.8 Å². The summed E-state index contributed by atoms with van der Waals surface area (Å²) in [6.07, 6.45) is 8.26. The molecule has 222 valence electrons. The fourth-order valence-electron chi connectivity index (χ4n) is 6.08. The van der Waals surface area contributed by atoms with Gasteiger partial charge in [-0.05, 0) is 68.6 Å². The van der Waals surface area contributed by atoms with Crippen LogP contribution >= 0.6 is 0 Å². The summed E-state index contributed by atoms with van der Waals surface area (Å²) in [6, 6.07) is 9.90. The molecule has 3 saturated heterocycles. The van der Waals surface area contributed by atoms with Gasteiger partial charge in [0.15, 0.2) is 11.5 Å². The van der Waals surface area contributed by atoms with Gasteiger partial charge in [-0.1, -0.05) is 12.1 Å². The molecule has 2 aromatic rings. The van der Waals surface area contributed by atoms with Crippen LogP contribution in [0.5, 0.6) is 0 Å². The van der Waals surface area contributed by atoms with E-state index < -0.39 is 5.91 Å². The van der Waals surface area contributed by atoms with Crippen LogP contribution in [-0.2, 0) is 4.79 Å².